The second-order valence-corrected chi connectivity index (χ2v) is 9.72. The Morgan fingerprint density at radius 3 is 2.57 bits per heavy atom. The van der Waals surface area contributed by atoms with Crippen LogP contribution in [0.5, 0.6) is 5.75 Å². The zero-order chi connectivity index (χ0) is 24.2. The normalized spacial score (nSPS) is 18.2. The first-order valence-electron chi connectivity index (χ1n) is 12.7. The molecule has 7 heteroatoms. The Labute approximate surface area is 207 Å². The lowest BCUT2D eigenvalue weighted by Crippen LogP contribution is -2.36. The van der Waals surface area contributed by atoms with Crippen LogP contribution in [0.15, 0.2) is 48.7 Å². The van der Waals surface area contributed by atoms with Crippen LogP contribution < -0.4 is 10.5 Å². The van der Waals surface area contributed by atoms with Crippen molar-refractivity contribution in [1.82, 2.24) is 14.4 Å². The molecular weight excluding hydrogens is 440 g/mol. The Morgan fingerprint density at radius 2 is 1.83 bits per heavy atom. The van der Waals surface area contributed by atoms with Crippen molar-refractivity contribution in [3.8, 4) is 5.75 Å². The maximum Gasteiger partial charge on any atom is 0.248 e. The molecule has 186 valence electrons. The summed E-state index contributed by atoms with van der Waals surface area (Å²) < 4.78 is 13.5. The summed E-state index contributed by atoms with van der Waals surface area (Å²) in [6, 6.07) is 14.9. The number of nitrogens with two attached hydrogens (primary N) is 1. The van der Waals surface area contributed by atoms with Crippen molar-refractivity contribution in [2.75, 3.05) is 53.0 Å². The van der Waals surface area contributed by atoms with Gasteiger partial charge in [-0.15, -0.1) is 0 Å². The Balaban J connectivity index is 1.19. The molecule has 0 unspecified atom stereocenters. The molecule has 0 radical (unpaired) electrons. The Hall–Kier alpha value is -2.87. The molecule has 2 aliphatic heterocycles. The number of aromatic nitrogens is 1. The largest absolute Gasteiger partial charge is 0.496 e. The van der Waals surface area contributed by atoms with E-state index < -0.39 is 0 Å². The maximum atomic E-state index is 11.6. The summed E-state index contributed by atoms with van der Waals surface area (Å²) in [6.45, 7) is 7.77. The zero-order valence-corrected chi connectivity index (χ0v) is 20.6. The standard InChI is InChI=1S/C28H36N4O3/c1-34-27-5-2-21(20-31-14-16-35-17-15-31)18-23(27)6-10-30-11-8-25(9-12-30)32-13-7-22-3-4-24(28(29)33)19-26(22)32/h2-5,7,13,18-19,25H,6,8-12,14-17,20H2,1H3,(H2,29,33). The van der Waals surface area contributed by atoms with Crippen molar-refractivity contribution in [2.24, 2.45) is 5.73 Å². The van der Waals surface area contributed by atoms with Crippen LogP contribution in [0.3, 0.4) is 0 Å². The van der Waals surface area contributed by atoms with E-state index in [1.165, 1.54) is 11.1 Å². The van der Waals surface area contributed by atoms with Crippen LogP contribution in [0.2, 0.25) is 0 Å². The topological polar surface area (TPSA) is 73.0 Å². The highest BCUT2D eigenvalue weighted by Crippen LogP contribution is 2.29. The number of nitrogens with zero attached hydrogens (tertiary/aromatic N) is 3. The van der Waals surface area contributed by atoms with Gasteiger partial charge in [-0.2, -0.15) is 0 Å². The van der Waals surface area contributed by atoms with Crippen LogP contribution in [0.1, 0.15) is 40.4 Å². The Morgan fingerprint density at radius 1 is 1.03 bits per heavy atom. The number of carbonyl (C=O) groups is 1. The van der Waals surface area contributed by atoms with Crippen molar-refractivity contribution in [2.45, 2.75) is 31.8 Å². The minimum Gasteiger partial charge on any atom is -0.496 e. The van der Waals surface area contributed by atoms with Gasteiger partial charge in [-0.1, -0.05) is 18.2 Å². The molecule has 2 saturated heterocycles. The van der Waals surface area contributed by atoms with Gasteiger partial charge in [-0.05, 0) is 60.0 Å². The van der Waals surface area contributed by atoms with Crippen LogP contribution in [-0.4, -0.2) is 73.3 Å². The van der Waals surface area contributed by atoms with Crippen molar-refractivity contribution >= 4 is 16.8 Å². The summed E-state index contributed by atoms with van der Waals surface area (Å²) in [4.78, 5) is 16.7. The van der Waals surface area contributed by atoms with Gasteiger partial charge in [0.1, 0.15) is 5.75 Å². The Kier molecular flexibility index (Phi) is 7.37. The fraction of sp³-hybridized carbons (Fsp3) is 0.464. The molecular formula is C28H36N4O3. The molecule has 0 bridgehead atoms. The number of morpholine rings is 1. The first-order chi connectivity index (χ1) is 17.1. The SMILES string of the molecule is COc1ccc(CN2CCOCC2)cc1CCN1CCC(n2ccc3ccc(C(N)=O)cc32)CC1. The summed E-state index contributed by atoms with van der Waals surface area (Å²) >= 11 is 0. The molecule has 0 spiro atoms. The third-order valence-corrected chi connectivity index (χ3v) is 7.51. The van der Waals surface area contributed by atoms with Crippen molar-refractivity contribution < 1.29 is 14.3 Å². The highest BCUT2D eigenvalue weighted by Gasteiger charge is 2.22. The molecule has 2 N–H and O–H groups in total. The molecule has 35 heavy (non-hydrogen) atoms. The lowest BCUT2D eigenvalue weighted by molar-refractivity contribution is 0.0342. The first-order valence-corrected chi connectivity index (χ1v) is 12.7. The Bertz CT molecular complexity index is 1160. The molecule has 3 heterocycles. The van der Waals surface area contributed by atoms with E-state index >= 15 is 0 Å². The van der Waals surface area contributed by atoms with E-state index in [-0.39, 0.29) is 5.91 Å². The lowest BCUT2D eigenvalue weighted by Gasteiger charge is -2.33. The minimum atomic E-state index is -0.376. The molecule has 3 aromatic rings. The number of carbonyl (C=O) groups excluding carboxylic acids is 1. The van der Waals surface area contributed by atoms with Crippen LogP contribution in [-0.2, 0) is 17.7 Å². The molecule has 5 rings (SSSR count). The number of piperidine rings is 1. The molecule has 1 aromatic heterocycles. The monoisotopic (exact) mass is 476 g/mol. The summed E-state index contributed by atoms with van der Waals surface area (Å²) in [7, 11) is 1.76. The highest BCUT2D eigenvalue weighted by molar-refractivity contribution is 5.97. The number of methoxy groups -OCH3 is 1. The van der Waals surface area contributed by atoms with E-state index in [9.17, 15) is 4.79 Å². The van der Waals surface area contributed by atoms with E-state index in [1.54, 1.807) is 7.11 Å². The number of rotatable bonds is 8. The number of hydrogen-bond donors (Lipinski definition) is 1. The van der Waals surface area contributed by atoms with E-state index in [0.717, 1.165) is 88.4 Å². The number of fused-ring (bicyclic) bond motifs is 1. The quantitative estimate of drug-likeness (QED) is 0.539. The molecule has 0 aliphatic carbocycles. The van der Waals surface area contributed by atoms with Crippen molar-refractivity contribution in [3.63, 3.8) is 0 Å². The summed E-state index contributed by atoms with van der Waals surface area (Å²) in [6.07, 6.45) is 5.33. The maximum absolute atomic E-state index is 11.6. The number of hydrogen-bond acceptors (Lipinski definition) is 5. The number of ether oxygens (including phenoxy) is 2. The van der Waals surface area contributed by atoms with Gasteiger partial charge in [0.2, 0.25) is 5.91 Å². The van der Waals surface area contributed by atoms with E-state index in [4.69, 9.17) is 15.2 Å². The third kappa shape index (κ3) is 5.53. The van der Waals surface area contributed by atoms with Crippen LogP contribution >= 0.6 is 0 Å². The van der Waals surface area contributed by atoms with Gasteiger partial charge >= 0.3 is 0 Å². The number of primary amides is 1. The minimum absolute atomic E-state index is 0.376. The zero-order valence-electron chi connectivity index (χ0n) is 20.6. The predicted octanol–water partition coefficient (Wildman–Crippen LogP) is 3.46. The second kappa shape index (κ2) is 10.8. The summed E-state index contributed by atoms with van der Waals surface area (Å²) in [5.41, 5.74) is 9.81. The van der Waals surface area contributed by atoms with E-state index in [1.807, 2.05) is 18.2 Å². The van der Waals surface area contributed by atoms with Gasteiger partial charge in [0.05, 0.1) is 20.3 Å². The van der Waals surface area contributed by atoms with Crippen LogP contribution in [0.4, 0.5) is 0 Å². The highest BCUT2D eigenvalue weighted by atomic mass is 16.5. The van der Waals surface area contributed by atoms with Crippen molar-refractivity contribution in [3.05, 3.63) is 65.4 Å². The van der Waals surface area contributed by atoms with E-state index in [2.05, 4.69) is 44.8 Å². The van der Waals surface area contributed by atoms with Gasteiger partial charge in [0, 0.05) is 62.6 Å². The van der Waals surface area contributed by atoms with Crippen LogP contribution in [0, 0.1) is 0 Å². The molecule has 0 saturated carbocycles. The van der Waals surface area contributed by atoms with E-state index in [0.29, 0.717) is 11.6 Å². The molecule has 0 atom stereocenters. The summed E-state index contributed by atoms with van der Waals surface area (Å²) in [5.74, 6) is 0.605. The second-order valence-electron chi connectivity index (χ2n) is 9.72. The fourth-order valence-electron chi connectivity index (χ4n) is 5.46. The molecule has 2 aliphatic rings. The first kappa shape index (κ1) is 23.9. The van der Waals surface area contributed by atoms with Gasteiger partial charge in [-0.25, -0.2) is 0 Å². The average molecular weight is 477 g/mol. The number of benzene rings is 2. The lowest BCUT2D eigenvalue weighted by atomic mass is 10.0. The fourth-order valence-corrected chi connectivity index (χ4v) is 5.46. The van der Waals surface area contributed by atoms with Gasteiger partial charge in [0.25, 0.3) is 0 Å². The third-order valence-electron chi connectivity index (χ3n) is 7.51. The molecule has 2 aromatic carbocycles. The van der Waals surface area contributed by atoms with Gasteiger partial charge in [0.15, 0.2) is 0 Å². The molecule has 1 amide bonds. The summed E-state index contributed by atoms with van der Waals surface area (Å²) in [5, 5.41) is 1.15. The smallest absolute Gasteiger partial charge is 0.248 e. The van der Waals surface area contributed by atoms with Crippen molar-refractivity contribution in [1.29, 1.82) is 0 Å². The van der Waals surface area contributed by atoms with Gasteiger partial charge in [-0.3, -0.25) is 9.69 Å². The van der Waals surface area contributed by atoms with Crippen LogP contribution in [0.25, 0.3) is 10.9 Å². The number of amides is 1. The predicted molar refractivity (Wildman–Crippen MR) is 138 cm³/mol. The average Bonchev–Trinajstić information content (AvgIpc) is 3.32. The molecule has 7 nitrogen and oxygen atoms in total. The number of likely N-dealkylation sites (tertiary alicyclic amines) is 1. The molecule has 2 fully saturated rings. The van der Waals surface area contributed by atoms with Gasteiger partial charge < -0.3 is 24.7 Å².